The fourth-order valence-electron chi connectivity index (χ4n) is 6.19. The van der Waals surface area contributed by atoms with Crippen molar-refractivity contribution in [1.29, 1.82) is 0 Å². The van der Waals surface area contributed by atoms with Gasteiger partial charge in [0.2, 0.25) is 0 Å². The monoisotopic (exact) mass is 537 g/mol. The van der Waals surface area contributed by atoms with Gasteiger partial charge in [-0.05, 0) is 71.0 Å². The van der Waals surface area contributed by atoms with E-state index in [0.29, 0.717) is 24.5 Å². The van der Waals surface area contributed by atoms with Crippen LogP contribution in [0.3, 0.4) is 0 Å². The first-order chi connectivity index (χ1) is 19.0. The Morgan fingerprint density at radius 2 is 1.72 bits per heavy atom. The molecule has 0 bridgehead atoms. The minimum atomic E-state index is -0.168. The maximum atomic E-state index is 9.86. The number of aromatic nitrogens is 2. The Bertz CT molecular complexity index is 1060. The fourth-order valence-corrected chi connectivity index (χ4v) is 6.19. The molecule has 39 heavy (non-hydrogen) atoms. The largest absolute Gasteiger partial charge is 0.492 e. The van der Waals surface area contributed by atoms with Gasteiger partial charge in [-0.1, -0.05) is 6.92 Å². The van der Waals surface area contributed by atoms with Crippen molar-refractivity contribution >= 4 is 23.0 Å². The molecule has 2 saturated heterocycles. The average Bonchev–Trinajstić information content (AvgIpc) is 2.95. The Kier molecular flexibility index (Phi) is 9.42. The van der Waals surface area contributed by atoms with Crippen LogP contribution in [0, 0.1) is 0 Å². The molecule has 5 rings (SSSR count). The molecule has 9 heteroatoms. The van der Waals surface area contributed by atoms with Gasteiger partial charge in [0.25, 0.3) is 0 Å². The van der Waals surface area contributed by atoms with E-state index in [-0.39, 0.29) is 6.10 Å². The number of rotatable bonds is 9. The smallest absolute Gasteiger partial charge is 0.151 e. The number of piperazine rings is 1. The topological polar surface area (TPSA) is 89.0 Å². The van der Waals surface area contributed by atoms with Crippen LogP contribution in [0.25, 0.3) is 0 Å². The molecule has 3 aliphatic rings. The molecule has 0 unspecified atom stereocenters. The second kappa shape index (κ2) is 13.2. The summed E-state index contributed by atoms with van der Waals surface area (Å²) in [6, 6.07) is 7.42. The van der Waals surface area contributed by atoms with Crippen LogP contribution >= 0.6 is 0 Å². The summed E-state index contributed by atoms with van der Waals surface area (Å²) < 4.78 is 6.13. The van der Waals surface area contributed by atoms with Gasteiger partial charge in [-0.3, -0.25) is 9.88 Å². The Morgan fingerprint density at radius 1 is 0.974 bits per heavy atom. The lowest BCUT2D eigenvalue weighted by Crippen LogP contribution is -2.52. The zero-order valence-corrected chi connectivity index (χ0v) is 24.0. The highest BCUT2D eigenvalue weighted by Gasteiger charge is 2.28. The van der Waals surface area contributed by atoms with Crippen molar-refractivity contribution < 1.29 is 9.84 Å². The van der Waals surface area contributed by atoms with Gasteiger partial charge in [0.15, 0.2) is 5.82 Å². The SMILES string of the molecule is CCOc1cc(Nc2cnc(CC)c(NC3CCC(O)CC3)n2)ccc1N1CCC(N2CCN(C)CC2)CC1. The Labute approximate surface area is 233 Å². The van der Waals surface area contributed by atoms with Crippen LogP contribution in [-0.4, -0.2) is 96.0 Å². The van der Waals surface area contributed by atoms with Crippen LogP contribution < -0.4 is 20.3 Å². The summed E-state index contributed by atoms with van der Waals surface area (Å²) in [6.07, 6.45) is 8.44. The van der Waals surface area contributed by atoms with Crippen LogP contribution in [0.1, 0.15) is 58.1 Å². The standard InChI is InChI=1S/C30H47N7O2/c1-4-26-30(33-22-6-9-25(38)10-7-22)34-29(21-31-26)32-23-8-11-27(28(20-23)39-5-2)37-14-12-24(13-15-37)36-18-16-35(3)17-19-36/h8,11,20-22,24-25,38H,4-7,9-10,12-19H2,1-3H3,(H2,32,33,34). The summed E-state index contributed by atoms with van der Waals surface area (Å²) in [7, 11) is 2.22. The number of aliphatic hydroxyl groups excluding tert-OH is 1. The number of likely N-dealkylation sites (N-methyl/N-ethyl adjacent to an activating group) is 1. The van der Waals surface area contributed by atoms with Gasteiger partial charge < -0.3 is 30.3 Å². The van der Waals surface area contributed by atoms with E-state index in [9.17, 15) is 5.11 Å². The van der Waals surface area contributed by atoms with Crippen molar-refractivity contribution in [1.82, 2.24) is 19.8 Å². The van der Waals surface area contributed by atoms with E-state index in [1.807, 2.05) is 13.1 Å². The molecule has 9 nitrogen and oxygen atoms in total. The van der Waals surface area contributed by atoms with Crippen LogP contribution in [0.2, 0.25) is 0 Å². The van der Waals surface area contributed by atoms with E-state index in [1.165, 1.54) is 44.7 Å². The molecule has 3 heterocycles. The molecule has 1 aromatic carbocycles. The highest BCUT2D eigenvalue weighted by Crippen LogP contribution is 2.35. The molecule has 3 N–H and O–H groups in total. The lowest BCUT2D eigenvalue weighted by molar-refractivity contribution is 0.0981. The lowest BCUT2D eigenvalue weighted by Gasteiger charge is -2.42. The highest BCUT2D eigenvalue weighted by molar-refractivity contribution is 5.68. The number of hydrogen-bond acceptors (Lipinski definition) is 9. The van der Waals surface area contributed by atoms with Crippen LogP contribution in [0.15, 0.2) is 24.4 Å². The van der Waals surface area contributed by atoms with Gasteiger partial charge in [0.05, 0.1) is 30.3 Å². The van der Waals surface area contributed by atoms with Gasteiger partial charge in [0.1, 0.15) is 11.6 Å². The van der Waals surface area contributed by atoms with E-state index in [2.05, 4.69) is 57.5 Å². The van der Waals surface area contributed by atoms with Crippen molar-refractivity contribution in [3.8, 4) is 5.75 Å². The van der Waals surface area contributed by atoms with Gasteiger partial charge in [0, 0.05) is 63.1 Å². The summed E-state index contributed by atoms with van der Waals surface area (Å²) in [4.78, 5) is 17.2. The Hall–Kier alpha value is -2.62. The number of ether oxygens (including phenoxy) is 1. The van der Waals surface area contributed by atoms with Crippen molar-refractivity contribution in [3.63, 3.8) is 0 Å². The molecule has 1 saturated carbocycles. The average molecular weight is 538 g/mol. The van der Waals surface area contributed by atoms with Gasteiger partial charge >= 0.3 is 0 Å². The highest BCUT2D eigenvalue weighted by atomic mass is 16.5. The number of nitrogens with zero attached hydrogens (tertiary/aromatic N) is 5. The van der Waals surface area contributed by atoms with Crippen LogP contribution in [-0.2, 0) is 6.42 Å². The summed E-state index contributed by atoms with van der Waals surface area (Å²) in [6.45, 7) is 11.6. The van der Waals surface area contributed by atoms with E-state index < -0.39 is 0 Å². The van der Waals surface area contributed by atoms with Crippen LogP contribution in [0.4, 0.5) is 23.0 Å². The summed E-state index contributed by atoms with van der Waals surface area (Å²) in [5.41, 5.74) is 3.09. The van der Waals surface area contributed by atoms with Crippen molar-refractivity contribution in [2.45, 2.75) is 77.0 Å². The second-order valence-corrected chi connectivity index (χ2v) is 11.4. The quantitative estimate of drug-likeness (QED) is 0.437. The second-order valence-electron chi connectivity index (χ2n) is 11.4. The lowest BCUT2D eigenvalue weighted by atomic mass is 9.93. The minimum Gasteiger partial charge on any atom is -0.492 e. The number of nitrogens with one attached hydrogen (secondary N) is 2. The summed E-state index contributed by atoms with van der Waals surface area (Å²) >= 11 is 0. The number of anilines is 4. The molecule has 1 aromatic heterocycles. The molecule has 2 aromatic rings. The zero-order chi connectivity index (χ0) is 27.2. The summed E-state index contributed by atoms with van der Waals surface area (Å²) in [5.74, 6) is 2.47. The molecule has 0 amide bonds. The Balaban J connectivity index is 1.24. The van der Waals surface area contributed by atoms with E-state index in [4.69, 9.17) is 14.7 Å². The zero-order valence-electron chi connectivity index (χ0n) is 24.0. The van der Waals surface area contributed by atoms with E-state index >= 15 is 0 Å². The Morgan fingerprint density at radius 3 is 2.41 bits per heavy atom. The minimum absolute atomic E-state index is 0.168. The van der Waals surface area contributed by atoms with E-state index in [0.717, 1.165) is 68.1 Å². The molecule has 0 spiro atoms. The summed E-state index contributed by atoms with van der Waals surface area (Å²) in [5, 5.41) is 16.9. The predicted octanol–water partition coefficient (Wildman–Crippen LogP) is 4.11. The van der Waals surface area contributed by atoms with Crippen LogP contribution in [0.5, 0.6) is 5.75 Å². The first kappa shape index (κ1) is 27.9. The molecule has 2 aliphatic heterocycles. The molecule has 0 atom stereocenters. The van der Waals surface area contributed by atoms with Gasteiger partial charge in [-0.25, -0.2) is 4.98 Å². The number of hydrogen-bond donors (Lipinski definition) is 3. The third-order valence-corrected chi connectivity index (χ3v) is 8.61. The maximum Gasteiger partial charge on any atom is 0.151 e. The molecule has 3 fully saturated rings. The predicted molar refractivity (Wildman–Crippen MR) is 158 cm³/mol. The van der Waals surface area contributed by atoms with Crippen molar-refractivity contribution in [2.24, 2.45) is 0 Å². The van der Waals surface area contributed by atoms with Gasteiger partial charge in [-0.15, -0.1) is 0 Å². The van der Waals surface area contributed by atoms with E-state index in [1.54, 1.807) is 0 Å². The number of aliphatic hydroxyl groups is 1. The third-order valence-electron chi connectivity index (χ3n) is 8.61. The number of benzene rings is 1. The maximum absolute atomic E-state index is 9.86. The first-order valence-electron chi connectivity index (χ1n) is 15.0. The molecule has 214 valence electrons. The molecule has 1 aliphatic carbocycles. The third kappa shape index (κ3) is 7.13. The van der Waals surface area contributed by atoms with Crippen molar-refractivity contribution in [2.75, 3.05) is 68.5 Å². The molecular weight excluding hydrogens is 490 g/mol. The normalized spacial score (nSPS) is 23.5. The molecule has 0 radical (unpaired) electrons. The first-order valence-corrected chi connectivity index (χ1v) is 15.0. The molecular formula is C30H47N7O2. The van der Waals surface area contributed by atoms with Crippen molar-refractivity contribution in [3.05, 3.63) is 30.1 Å². The fraction of sp³-hybridized carbons (Fsp3) is 0.667. The van der Waals surface area contributed by atoms with Gasteiger partial charge in [-0.2, -0.15) is 0 Å². The number of piperidine rings is 1. The number of aryl methyl sites for hydroxylation is 1.